The van der Waals surface area contributed by atoms with E-state index in [0.717, 1.165) is 4.90 Å². The highest BCUT2D eigenvalue weighted by molar-refractivity contribution is 6.22. The normalized spacial score (nSPS) is 14.2. The van der Waals surface area contributed by atoms with Gasteiger partial charge in [0.25, 0.3) is 11.8 Å². The first-order valence-electron chi connectivity index (χ1n) is 8.76. The Hall–Kier alpha value is -3.94. The van der Waals surface area contributed by atoms with Gasteiger partial charge in [-0.05, 0) is 31.2 Å². The van der Waals surface area contributed by atoms with Gasteiger partial charge in [0.1, 0.15) is 24.0 Å². The maximum absolute atomic E-state index is 12.5. The summed E-state index contributed by atoms with van der Waals surface area (Å²) < 4.78 is 10.3. The topological polar surface area (TPSA) is 114 Å². The minimum Gasteiger partial charge on any atom is -0.508 e. The number of phenols is 1. The molecule has 0 aliphatic carbocycles. The second-order valence-electron chi connectivity index (χ2n) is 6.58. The number of carbonyl (C=O) groups excluding carboxylic acids is 3. The van der Waals surface area contributed by atoms with Crippen molar-refractivity contribution in [1.29, 1.82) is 0 Å². The molecule has 0 saturated heterocycles. The fourth-order valence-corrected chi connectivity index (χ4v) is 3.27. The van der Waals surface area contributed by atoms with Gasteiger partial charge in [-0.1, -0.05) is 12.1 Å². The molecule has 1 unspecified atom stereocenters. The smallest absolute Gasteiger partial charge is 0.336 e. The number of carbonyl (C=O) groups is 3. The number of hydrogen-bond acceptors (Lipinski definition) is 7. The third-order valence-corrected chi connectivity index (χ3v) is 4.74. The van der Waals surface area contributed by atoms with Crippen LogP contribution in [0, 0.1) is 0 Å². The molecule has 0 radical (unpaired) electrons. The van der Waals surface area contributed by atoms with E-state index in [-0.39, 0.29) is 29.1 Å². The van der Waals surface area contributed by atoms with Crippen LogP contribution in [0.4, 0.5) is 0 Å². The lowest BCUT2D eigenvalue weighted by molar-refractivity contribution is -0.149. The summed E-state index contributed by atoms with van der Waals surface area (Å²) in [6, 6.07) is 10.6. The van der Waals surface area contributed by atoms with Crippen LogP contribution in [-0.4, -0.2) is 33.8 Å². The quantitative estimate of drug-likeness (QED) is 0.411. The molecule has 2 amide bonds. The molecule has 1 aromatic heterocycles. The highest BCUT2D eigenvalue weighted by Gasteiger charge is 2.41. The number of benzene rings is 2. The van der Waals surface area contributed by atoms with E-state index in [9.17, 15) is 24.3 Å². The number of amides is 2. The van der Waals surface area contributed by atoms with Crippen LogP contribution in [0.1, 0.15) is 33.2 Å². The SMILES string of the molecule is CC(C(=O)OCc1cc(=O)oc2cc(O)ccc12)N1C(=O)c2ccccc2C1=O. The number of esters is 1. The van der Waals surface area contributed by atoms with Gasteiger partial charge in [-0.3, -0.25) is 14.5 Å². The van der Waals surface area contributed by atoms with Gasteiger partial charge >= 0.3 is 11.6 Å². The number of aromatic hydroxyl groups is 1. The summed E-state index contributed by atoms with van der Waals surface area (Å²) >= 11 is 0. The van der Waals surface area contributed by atoms with E-state index < -0.39 is 29.5 Å². The van der Waals surface area contributed by atoms with Crippen molar-refractivity contribution < 1.29 is 28.6 Å². The third kappa shape index (κ3) is 3.14. The molecule has 146 valence electrons. The second-order valence-corrected chi connectivity index (χ2v) is 6.58. The fraction of sp³-hybridized carbons (Fsp3) is 0.143. The highest BCUT2D eigenvalue weighted by atomic mass is 16.5. The average molecular weight is 393 g/mol. The standard InChI is InChI=1S/C21H15NO7/c1-11(22-19(25)15-4-2-3-5-16(15)20(22)26)21(27)28-10-12-8-18(24)29-17-9-13(23)6-7-14(12)17/h2-9,11,23H,10H2,1H3. The highest BCUT2D eigenvalue weighted by Crippen LogP contribution is 2.26. The summed E-state index contributed by atoms with van der Waals surface area (Å²) in [5, 5.41) is 10.0. The predicted molar refractivity (Wildman–Crippen MR) is 100 cm³/mol. The van der Waals surface area contributed by atoms with Gasteiger partial charge in [0.15, 0.2) is 0 Å². The molecule has 4 rings (SSSR count). The van der Waals surface area contributed by atoms with Crippen LogP contribution in [0.2, 0.25) is 0 Å². The van der Waals surface area contributed by atoms with Crippen LogP contribution in [0.5, 0.6) is 5.75 Å². The summed E-state index contributed by atoms with van der Waals surface area (Å²) in [5.74, 6) is -1.98. The Morgan fingerprint density at radius 2 is 1.72 bits per heavy atom. The van der Waals surface area contributed by atoms with E-state index in [1.165, 1.54) is 43.3 Å². The van der Waals surface area contributed by atoms with Crippen molar-refractivity contribution in [3.63, 3.8) is 0 Å². The third-order valence-electron chi connectivity index (χ3n) is 4.74. The Morgan fingerprint density at radius 1 is 1.07 bits per heavy atom. The lowest BCUT2D eigenvalue weighted by Crippen LogP contribution is -2.43. The summed E-state index contributed by atoms with van der Waals surface area (Å²) in [6.07, 6.45) is 0. The number of nitrogens with zero attached hydrogens (tertiary/aromatic N) is 1. The molecule has 1 N–H and O–H groups in total. The van der Waals surface area contributed by atoms with Crippen LogP contribution in [0.3, 0.4) is 0 Å². The van der Waals surface area contributed by atoms with E-state index in [1.54, 1.807) is 12.1 Å². The number of fused-ring (bicyclic) bond motifs is 2. The Morgan fingerprint density at radius 3 is 2.38 bits per heavy atom. The Labute approximate surface area is 163 Å². The van der Waals surface area contributed by atoms with Gasteiger partial charge in [-0.2, -0.15) is 0 Å². The summed E-state index contributed by atoms with van der Waals surface area (Å²) in [5.41, 5.74) is 0.339. The molecule has 2 aromatic carbocycles. The first-order valence-corrected chi connectivity index (χ1v) is 8.76. The Bertz CT molecular complexity index is 1190. The van der Waals surface area contributed by atoms with E-state index >= 15 is 0 Å². The number of phenolic OH excluding ortho intramolecular Hbond substituents is 1. The van der Waals surface area contributed by atoms with Gasteiger partial charge in [0.05, 0.1) is 11.1 Å². The minimum atomic E-state index is -1.14. The van der Waals surface area contributed by atoms with Crippen LogP contribution in [0.25, 0.3) is 11.0 Å². The zero-order valence-electron chi connectivity index (χ0n) is 15.2. The first-order chi connectivity index (χ1) is 13.9. The van der Waals surface area contributed by atoms with Crippen molar-refractivity contribution in [3.05, 3.63) is 75.6 Å². The molecule has 1 aliphatic rings. The molecule has 8 nitrogen and oxygen atoms in total. The van der Waals surface area contributed by atoms with Gasteiger partial charge < -0.3 is 14.3 Å². The van der Waals surface area contributed by atoms with Crippen LogP contribution < -0.4 is 5.63 Å². The van der Waals surface area contributed by atoms with Gasteiger partial charge in [0, 0.05) is 23.1 Å². The van der Waals surface area contributed by atoms with Crippen LogP contribution in [0.15, 0.2) is 57.7 Å². The molecule has 1 atom stereocenters. The summed E-state index contributed by atoms with van der Waals surface area (Å²) in [4.78, 5) is 50.1. The van der Waals surface area contributed by atoms with E-state index in [2.05, 4.69) is 0 Å². The molecule has 3 aromatic rings. The molecule has 0 saturated carbocycles. The first kappa shape index (κ1) is 18.4. The van der Waals surface area contributed by atoms with Gasteiger partial charge in [-0.15, -0.1) is 0 Å². The molecule has 1 aliphatic heterocycles. The van der Waals surface area contributed by atoms with Crippen molar-refractivity contribution in [2.75, 3.05) is 0 Å². The Balaban J connectivity index is 1.54. The molecule has 0 bridgehead atoms. The molecule has 8 heteroatoms. The molecule has 2 heterocycles. The zero-order chi connectivity index (χ0) is 20.7. The zero-order valence-corrected chi connectivity index (χ0v) is 15.2. The molecule has 0 spiro atoms. The Kier molecular flexibility index (Phi) is 4.38. The maximum Gasteiger partial charge on any atom is 0.336 e. The number of hydrogen-bond donors (Lipinski definition) is 1. The summed E-state index contributed by atoms with van der Waals surface area (Å²) in [6.45, 7) is 1.14. The predicted octanol–water partition coefficient (Wildman–Crippen LogP) is 2.23. The molecule has 0 fully saturated rings. The largest absolute Gasteiger partial charge is 0.508 e. The monoisotopic (exact) mass is 393 g/mol. The van der Waals surface area contributed by atoms with Crippen molar-refractivity contribution in [3.8, 4) is 5.75 Å². The molecular formula is C21H15NO7. The van der Waals surface area contributed by atoms with Crippen molar-refractivity contribution >= 4 is 28.8 Å². The van der Waals surface area contributed by atoms with E-state index in [0.29, 0.717) is 10.9 Å². The lowest BCUT2D eigenvalue weighted by atomic mass is 10.1. The van der Waals surface area contributed by atoms with Crippen molar-refractivity contribution in [2.45, 2.75) is 19.6 Å². The lowest BCUT2D eigenvalue weighted by Gasteiger charge is -2.21. The fourth-order valence-electron chi connectivity index (χ4n) is 3.27. The maximum atomic E-state index is 12.5. The number of rotatable bonds is 4. The van der Waals surface area contributed by atoms with Crippen LogP contribution >= 0.6 is 0 Å². The average Bonchev–Trinajstić information content (AvgIpc) is 2.95. The van der Waals surface area contributed by atoms with E-state index in [4.69, 9.17) is 9.15 Å². The van der Waals surface area contributed by atoms with Crippen molar-refractivity contribution in [1.82, 2.24) is 4.90 Å². The summed E-state index contributed by atoms with van der Waals surface area (Å²) in [7, 11) is 0. The molecule has 29 heavy (non-hydrogen) atoms. The molecular weight excluding hydrogens is 378 g/mol. The van der Waals surface area contributed by atoms with Crippen molar-refractivity contribution in [2.24, 2.45) is 0 Å². The minimum absolute atomic E-state index is 0.0750. The van der Waals surface area contributed by atoms with Gasteiger partial charge in [0.2, 0.25) is 0 Å². The van der Waals surface area contributed by atoms with Crippen LogP contribution in [-0.2, 0) is 16.1 Å². The van der Waals surface area contributed by atoms with Gasteiger partial charge in [-0.25, -0.2) is 9.59 Å². The van der Waals surface area contributed by atoms with E-state index in [1.807, 2.05) is 0 Å². The number of ether oxygens (including phenoxy) is 1. The number of imide groups is 1. The second kappa shape index (κ2) is 6.90.